The maximum absolute atomic E-state index is 12.3. The van der Waals surface area contributed by atoms with Crippen LogP contribution in [-0.2, 0) is 14.0 Å². The van der Waals surface area contributed by atoms with Gasteiger partial charge in [-0.25, -0.2) is 0 Å². The molecule has 0 saturated heterocycles. The molecule has 1 fully saturated rings. The fourth-order valence-electron chi connectivity index (χ4n) is 4.54. The van der Waals surface area contributed by atoms with Crippen LogP contribution in [0.2, 0.25) is 5.04 Å². The van der Waals surface area contributed by atoms with Crippen LogP contribution in [0.1, 0.15) is 40.5 Å². The van der Waals surface area contributed by atoms with Crippen molar-refractivity contribution >= 4 is 24.7 Å². The lowest BCUT2D eigenvalue weighted by atomic mass is 10.1. The Balaban J connectivity index is 2.06. The average Bonchev–Trinajstić information content (AvgIpc) is 3.53. The van der Waals surface area contributed by atoms with Gasteiger partial charge in [0.1, 0.15) is 0 Å². The minimum atomic E-state index is -2.66. The van der Waals surface area contributed by atoms with Gasteiger partial charge in [0.25, 0.3) is 8.32 Å². The van der Waals surface area contributed by atoms with Gasteiger partial charge < -0.3 is 9.16 Å². The van der Waals surface area contributed by atoms with Crippen molar-refractivity contribution in [2.75, 3.05) is 6.61 Å². The van der Waals surface area contributed by atoms with Crippen molar-refractivity contribution in [3.8, 4) is 0 Å². The number of rotatable bonds is 9. The third kappa shape index (κ3) is 4.45. The number of esters is 1. The van der Waals surface area contributed by atoms with Gasteiger partial charge >= 0.3 is 5.97 Å². The monoisotopic (exact) mass is 422 g/mol. The van der Waals surface area contributed by atoms with Gasteiger partial charge in [-0.1, -0.05) is 87.5 Å². The summed E-state index contributed by atoms with van der Waals surface area (Å²) in [6.45, 7) is 13.1. The van der Waals surface area contributed by atoms with E-state index >= 15 is 0 Å². The number of ether oxygens (including phenoxy) is 1. The minimum absolute atomic E-state index is 0.0526. The first-order valence-electron chi connectivity index (χ1n) is 10.9. The molecule has 1 aliphatic carbocycles. The van der Waals surface area contributed by atoms with E-state index < -0.39 is 8.32 Å². The third-order valence-electron chi connectivity index (χ3n) is 6.05. The van der Waals surface area contributed by atoms with E-state index in [9.17, 15) is 4.79 Å². The Morgan fingerprint density at radius 1 is 1.10 bits per heavy atom. The van der Waals surface area contributed by atoms with Crippen LogP contribution in [0.5, 0.6) is 0 Å². The van der Waals surface area contributed by atoms with E-state index in [-0.39, 0.29) is 28.9 Å². The summed E-state index contributed by atoms with van der Waals surface area (Å²) in [7, 11) is -2.66. The zero-order valence-electron chi connectivity index (χ0n) is 18.6. The average molecular weight is 423 g/mol. The van der Waals surface area contributed by atoms with Gasteiger partial charge in [-0.15, -0.1) is 6.58 Å². The van der Waals surface area contributed by atoms with Crippen molar-refractivity contribution in [1.29, 1.82) is 0 Å². The van der Waals surface area contributed by atoms with Crippen molar-refractivity contribution in [2.24, 2.45) is 11.8 Å². The largest absolute Gasteiger partial charge is 0.466 e. The molecule has 2 aromatic rings. The number of hydrogen-bond donors (Lipinski definition) is 0. The standard InChI is InChI=1S/C26H34O3Si/c1-6-14-24(22-19-23(22)25(27)28-7-2)29-30(26(3,4)5,20-15-10-8-11-16-20)21-17-12-9-13-18-21/h6,8-13,15-18,22-24H,1,7,14,19H2,2-5H3/t22-,23-,24?/m0/s1. The van der Waals surface area contributed by atoms with Crippen molar-refractivity contribution in [3.05, 3.63) is 73.3 Å². The predicted molar refractivity (Wildman–Crippen MR) is 126 cm³/mol. The zero-order chi connectivity index (χ0) is 21.8. The first-order chi connectivity index (χ1) is 14.3. The normalized spacial score (nSPS) is 19.7. The maximum atomic E-state index is 12.3. The second-order valence-corrected chi connectivity index (χ2v) is 13.4. The summed E-state index contributed by atoms with van der Waals surface area (Å²) >= 11 is 0. The fourth-order valence-corrected chi connectivity index (χ4v) is 9.28. The van der Waals surface area contributed by atoms with Crippen molar-refractivity contribution in [3.63, 3.8) is 0 Å². The molecular weight excluding hydrogens is 388 g/mol. The number of carbonyl (C=O) groups is 1. The molecule has 0 radical (unpaired) electrons. The smallest absolute Gasteiger partial charge is 0.309 e. The molecule has 1 unspecified atom stereocenters. The second-order valence-electron chi connectivity index (χ2n) is 9.10. The Morgan fingerprint density at radius 3 is 2.07 bits per heavy atom. The molecule has 3 nitrogen and oxygen atoms in total. The topological polar surface area (TPSA) is 35.5 Å². The lowest BCUT2D eigenvalue weighted by Gasteiger charge is -2.45. The molecule has 2 aromatic carbocycles. The Bertz CT molecular complexity index is 802. The molecule has 3 atom stereocenters. The van der Waals surface area contributed by atoms with Crippen LogP contribution in [0.25, 0.3) is 0 Å². The maximum Gasteiger partial charge on any atom is 0.309 e. The molecule has 1 aliphatic rings. The highest BCUT2D eigenvalue weighted by Crippen LogP contribution is 2.47. The summed E-state index contributed by atoms with van der Waals surface area (Å²) in [6, 6.07) is 21.3. The zero-order valence-corrected chi connectivity index (χ0v) is 19.6. The van der Waals surface area contributed by atoms with Crippen LogP contribution in [0, 0.1) is 11.8 Å². The molecule has 0 N–H and O–H groups in total. The van der Waals surface area contributed by atoms with E-state index in [0.29, 0.717) is 6.61 Å². The van der Waals surface area contributed by atoms with Gasteiger partial charge in [-0.05, 0) is 41.1 Å². The van der Waals surface area contributed by atoms with Gasteiger partial charge in [-0.2, -0.15) is 0 Å². The summed E-state index contributed by atoms with van der Waals surface area (Å²) < 4.78 is 12.5. The van der Waals surface area contributed by atoms with Crippen LogP contribution < -0.4 is 10.4 Å². The lowest BCUT2D eigenvalue weighted by Crippen LogP contribution is -2.67. The molecule has 30 heavy (non-hydrogen) atoms. The Kier molecular flexibility index (Phi) is 6.99. The molecule has 0 aromatic heterocycles. The van der Waals surface area contributed by atoms with Crippen LogP contribution in [-0.4, -0.2) is 27.0 Å². The summed E-state index contributed by atoms with van der Waals surface area (Å²) in [6.07, 6.45) is 3.42. The van der Waals surface area contributed by atoms with E-state index in [1.165, 1.54) is 10.4 Å². The highest BCUT2D eigenvalue weighted by Gasteiger charge is 2.56. The fraction of sp³-hybridized carbons (Fsp3) is 0.423. The van der Waals surface area contributed by atoms with Crippen LogP contribution >= 0.6 is 0 Å². The number of benzene rings is 2. The van der Waals surface area contributed by atoms with Crippen molar-refractivity contribution in [2.45, 2.75) is 51.7 Å². The van der Waals surface area contributed by atoms with Crippen molar-refractivity contribution in [1.82, 2.24) is 0 Å². The van der Waals surface area contributed by atoms with Gasteiger partial charge in [0.05, 0.1) is 18.6 Å². The Morgan fingerprint density at radius 2 is 1.63 bits per heavy atom. The van der Waals surface area contributed by atoms with E-state index in [0.717, 1.165) is 12.8 Å². The van der Waals surface area contributed by atoms with E-state index in [4.69, 9.17) is 9.16 Å². The minimum Gasteiger partial charge on any atom is -0.466 e. The van der Waals surface area contributed by atoms with Gasteiger partial charge in [-0.3, -0.25) is 4.79 Å². The van der Waals surface area contributed by atoms with Gasteiger partial charge in [0.15, 0.2) is 0 Å². The summed E-state index contributed by atoms with van der Waals surface area (Å²) in [5.41, 5.74) is 0. The highest BCUT2D eigenvalue weighted by molar-refractivity contribution is 6.99. The van der Waals surface area contributed by atoms with Gasteiger partial charge in [0, 0.05) is 0 Å². The molecule has 4 heteroatoms. The Labute approximate surface area is 182 Å². The first-order valence-corrected chi connectivity index (χ1v) is 12.8. The first kappa shape index (κ1) is 22.5. The Hall–Kier alpha value is -2.17. The van der Waals surface area contributed by atoms with Crippen LogP contribution in [0.3, 0.4) is 0 Å². The predicted octanol–water partition coefficient (Wildman–Crippen LogP) is 4.71. The van der Waals surface area contributed by atoms with E-state index in [2.05, 4.69) is 88.0 Å². The van der Waals surface area contributed by atoms with E-state index in [1.54, 1.807) is 0 Å². The molecule has 0 spiro atoms. The summed E-state index contributed by atoms with van der Waals surface area (Å²) in [5, 5.41) is 2.42. The van der Waals surface area contributed by atoms with Crippen LogP contribution in [0.4, 0.5) is 0 Å². The molecule has 0 heterocycles. The quantitative estimate of drug-likeness (QED) is 0.334. The second kappa shape index (κ2) is 9.32. The SMILES string of the molecule is C=CCC(O[Si](c1ccccc1)(c1ccccc1)C(C)(C)C)[C@H]1C[C@@H]1C(=O)OCC. The molecular formula is C26H34O3Si. The molecule has 0 bridgehead atoms. The lowest BCUT2D eigenvalue weighted by molar-refractivity contribution is -0.145. The number of carbonyl (C=O) groups excluding carboxylic acids is 1. The summed E-state index contributed by atoms with van der Waals surface area (Å²) in [4.78, 5) is 12.3. The molecule has 0 amide bonds. The highest BCUT2D eigenvalue weighted by atomic mass is 28.4. The molecule has 3 rings (SSSR count). The molecule has 160 valence electrons. The third-order valence-corrected chi connectivity index (χ3v) is 11.1. The molecule has 0 aliphatic heterocycles. The van der Waals surface area contributed by atoms with Crippen LogP contribution in [0.15, 0.2) is 73.3 Å². The molecule has 1 saturated carbocycles. The van der Waals surface area contributed by atoms with Gasteiger partial charge in [0.2, 0.25) is 0 Å². The van der Waals surface area contributed by atoms with Crippen molar-refractivity contribution < 1.29 is 14.0 Å². The number of hydrogen-bond acceptors (Lipinski definition) is 3. The summed E-state index contributed by atoms with van der Waals surface area (Å²) in [5.74, 6) is 0.0272. The van der Waals surface area contributed by atoms with E-state index in [1.807, 2.05) is 13.0 Å².